The maximum atomic E-state index is 12.4. The molecule has 0 radical (unpaired) electrons. The van der Waals surface area contributed by atoms with Crippen molar-refractivity contribution in [2.75, 3.05) is 0 Å². The monoisotopic (exact) mass is 282 g/mol. The number of aryl methyl sites for hydroxylation is 1. The number of halogens is 4. The molecule has 0 unspecified atom stereocenters. The summed E-state index contributed by atoms with van der Waals surface area (Å²) in [6.45, 7) is 1.70. The summed E-state index contributed by atoms with van der Waals surface area (Å²) < 4.78 is 25.6. The molecule has 76 valence electrons. The first-order chi connectivity index (χ1) is 6.32. The molecule has 1 aromatic carbocycles. The molecule has 0 saturated carbocycles. The zero-order valence-electron chi connectivity index (χ0n) is 7.15. The van der Waals surface area contributed by atoms with Gasteiger partial charge in [-0.2, -0.15) is 8.78 Å². The second-order valence-electron chi connectivity index (χ2n) is 2.79. The molecular formula is C9H6BrClF2O. The molecule has 0 aliphatic carbocycles. The van der Waals surface area contributed by atoms with Gasteiger partial charge in [0.2, 0.25) is 5.78 Å². The third kappa shape index (κ3) is 2.51. The van der Waals surface area contributed by atoms with Gasteiger partial charge < -0.3 is 0 Å². The predicted octanol–water partition coefficient (Wildman–Crippen LogP) is 3.77. The second-order valence-corrected chi connectivity index (χ2v) is 4.12. The van der Waals surface area contributed by atoms with Crippen LogP contribution in [-0.2, 0) is 0 Å². The van der Waals surface area contributed by atoms with Crippen LogP contribution < -0.4 is 0 Å². The molecule has 1 nitrogen and oxygen atoms in total. The van der Waals surface area contributed by atoms with Crippen LogP contribution in [0.4, 0.5) is 8.78 Å². The van der Waals surface area contributed by atoms with Crippen molar-refractivity contribution in [2.24, 2.45) is 0 Å². The fourth-order valence-electron chi connectivity index (χ4n) is 0.950. The van der Waals surface area contributed by atoms with E-state index in [1.807, 2.05) is 0 Å². The molecule has 0 bridgehead atoms. The lowest BCUT2D eigenvalue weighted by molar-refractivity contribution is 0.0536. The molecule has 1 rings (SSSR count). The fourth-order valence-corrected chi connectivity index (χ4v) is 1.31. The average molecular weight is 283 g/mol. The van der Waals surface area contributed by atoms with E-state index in [9.17, 15) is 13.6 Å². The first-order valence-corrected chi connectivity index (χ1v) is 4.87. The van der Waals surface area contributed by atoms with Crippen LogP contribution in [-0.4, -0.2) is 11.2 Å². The number of hydrogen-bond donors (Lipinski definition) is 0. The Morgan fingerprint density at radius 2 is 2.07 bits per heavy atom. The van der Waals surface area contributed by atoms with Gasteiger partial charge in [-0.25, -0.2) is 0 Å². The number of rotatable bonds is 2. The van der Waals surface area contributed by atoms with Gasteiger partial charge in [0.25, 0.3) is 0 Å². The van der Waals surface area contributed by atoms with Crippen molar-refractivity contribution in [1.29, 1.82) is 0 Å². The van der Waals surface area contributed by atoms with Gasteiger partial charge in [-0.15, -0.1) is 0 Å². The van der Waals surface area contributed by atoms with Gasteiger partial charge in [-0.1, -0.05) is 15.9 Å². The topological polar surface area (TPSA) is 17.1 Å². The average Bonchev–Trinajstić information content (AvgIpc) is 2.07. The van der Waals surface area contributed by atoms with Crippen molar-refractivity contribution in [2.45, 2.75) is 12.3 Å². The Morgan fingerprint density at radius 1 is 1.50 bits per heavy atom. The standard InChI is InChI=1S/C9H6BrClF2O/c1-5-4-6(2-3-7(5)10)8(14)9(11,12)13/h2-4H,1H3. The van der Waals surface area contributed by atoms with E-state index in [4.69, 9.17) is 0 Å². The van der Waals surface area contributed by atoms with Crippen LogP contribution in [0.2, 0.25) is 0 Å². The predicted molar refractivity (Wildman–Crippen MR) is 54.0 cm³/mol. The molecule has 0 spiro atoms. The Morgan fingerprint density at radius 3 is 2.50 bits per heavy atom. The van der Waals surface area contributed by atoms with Crippen LogP contribution >= 0.6 is 27.5 Å². The Balaban J connectivity index is 3.10. The Bertz CT molecular complexity index is 374. The molecule has 0 heterocycles. The van der Waals surface area contributed by atoms with Gasteiger partial charge >= 0.3 is 5.38 Å². The van der Waals surface area contributed by atoms with E-state index >= 15 is 0 Å². The van der Waals surface area contributed by atoms with E-state index in [1.165, 1.54) is 18.2 Å². The Hall–Kier alpha value is -0.480. The number of benzene rings is 1. The van der Waals surface area contributed by atoms with Crippen LogP contribution in [0, 0.1) is 6.92 Å². The molecule has 1 aromatic rings. The van der Waals surface area contributed by atoms with Crippen LogP contribution in [0.15, 0.2) is 22.7 Å². The van der Waals surface area contributed by atoms with E-state index in [2.05, 4.69) is 27.5 Å². The lowest BCUT2D eigenvalue weighted by Gasteiger charge is -2.07. The summed E-state index contributed by atoms with van der Waals surface area (Å²) in [6.07, 6.45) is 0. The van der Waals surface area contributed by atoms with E-state index < -0.39 is 11.2 Å². The van der Waals surface area contributed by atoms with Crippen molar-refractivity contribution in [1.82, 2.24) is 0 Å². The van der Waals surface area contributed by atoms with Crippen LogP contribution in [0.3, 0.4) is 0 Å². The van der Waals surface area contributed by atoms with Gasteiger partial charge in [0, 0.05) is 10.0 Å². The molecule has 0 fully saturated rings. The molecule has 0 atom stereocenters. The van der Waals surface area contributed by atoms with Gasteiger partial charge in [0.1, 0.15) is 0 Å². The van der Waals surface area contributed by atoms with Crippen molar-refractivity contribution >= 4 is 33.3 Å². The van der Waals surface area contributed by atoms with Gasteiger partial charge in [0.05, 0.1) is 0 Å². The number of hydrogen-bond acceptors (Lipinski definition) is 1. The lowest BCUT2D eigenvalue weighted by Crippen LogP contribution is -2.21. The number of carbonyl (C=O) groups excluding carboxylic acids is 1. The van der Waals surface area contributed by atoms with E-state index in [0.717, 1.165) is 4.47 Å². The summed E-state index contributed by atoms with van der Waals surface area (Å²) in [5.41, 5.74) is 0.613. The minimum absolute atomic E-state index is 0.0919. The van der Waals surface area contributed by atoms with Crippen molar-refractivity contribution in [3.05, 3.63) is 33.8 Å². The first kappa shape index (κ1) is 11.6. The normalized spacial score (nSPS) is 11.5. The highest BCUT2D eigenvalue weighted by molar-refractivity contribution is 9.10. The molecule has 0 N–H and O–H groups in total. The maximum Gasteiger partial charge on any atom is 0.384 e. The highest BCUT2D eigenvalue weighted by atomic mass is 79.9. The summed E-state index contributed by atoms with van der Waals surface area (Å²) in [5.74, 6) is -1.38. The van der Waals surface area contributed by atoms with Gasteiger partial charge in [-0.05, 0) is 42.3 Å². The minimum atomic E-state index is -3.83. The number of alkyl halides is 3. The molecule has 0 saturated heterocycles. The maximum absolute atomic E-state index is 12.4. The second kappa shape index (κ2) is 3.95. The van der Waals surface area contributed by atoms with E-state index in [-0.39, 0.29) is 5.56 Å². The summed E-state index contributed by atoms with van der Waals surface area (Å²) >= 11 is 7.81. The lowest BCUT2D eigenvalue weighted by atomic mass is 10.1. The van der Waals surface area contributed by atoms with Crippen molar-refractivity contribution < 1.29 is 13.6 Å². The zero-order chi connectivity index (χ0) is 10.9. The van der Waals surface area contributed by atoms with Crippen molar-refractivity contribution in [3.63, 3.8) is 0 Å². The quantitative estimate of drug-likeness (QED) is 0.596. The molecule has 5 heteroatoms. The summed E-state index contributed by atoms with van der Waals surface area (Å²) in [5, 5.41) is -3.83. The van der Waals surface area contributed by atoms with Crippen molar-refractivity contribution in [3.8, 4) is 0 Å². The summed E-state index contributed by atoms with van der Waals surface area (Å²) in [4.78, 5) is 11.0. The first-order valence-electron chi connectivity index (χ1n) is 3.70. The highest BCUT2D eigenvalue weighted by Gasteiger charge is 2.36. The molecule has 14 heavy (non-hydrogen) atoms. The molecule has 0 aliphatic rings. The van der Waals surface area contributed by atoms with E-state index in [1.54, 1.807) is 6.92 Å². The number of ketones is 1. The molecule has 0 aliphatic heterocycles. The molecule has 0 aromatic heterocycles. The zero-order valence-corrected chi connectivity index (χ0v) is 9.49. The van der Waals surface area contributed by atoms with Gasteiger partial charge in [0.15, 0.2) is 0 Å². The third-order valence-electron chi connectivity index (χ3n) is 1.68. The van der Waals surface area contributed by atoms with Crippen LogP contribution in [0.5, 0.6) is 0 Å². The number of Topliss-reactive ketones (excluding diaryl/α,β-unsaturated/α-hetero) is 1. The Labute approximate surface area is 93.2 Å². The third-order valence-corrected chi connectivity index (χ3v) is 2.74. The SMILES string of the molecule is Cc1cc(C(=O)C(F)(F)Cl)ccc1Br. The largest absolute Gasteiger partial charge is 0.384 e. The summed E-state index contributed by atoms with van der Waals surface area (Å²) in [6, 6.07) is 4.20. The van der Waals surface area contributed by atoms with E-state index in [0.29, 0.717) is 5.56 Å². The highest BCUT2D eigenvalue weighted by Crippen LogP contribution is 2.26. The van der Waals surface area contributed by atoms with Gasteiger partial charge in [-0.3, -0.25) is 4.79 Å². The summed E-state index contributed by atoms with van der Waals surface area (Å²) in [7, 11) is 0. The molecule has 0 amide bonds. The van der Waals surface area contributed by atoms with Crippen LogP contribution in [0.25, 0.3) is 0 Å². The Kier molecular flexibility index (Phi) is 3.27. The fraction of sp³-hybridized carbons (Fsp3) is 0.222. The molecular weight excluding hydrogens is 277 g/mol. The minimum Gasteiger partial charge on any atom is -0.286 e. The smallest absolute Gasteiger partial charge is 0.286 e. The van der Waals surface area contributed by atoms with Crippen LogP contribution in [0.1, 0.15) is 15.9 Å². The number of carbonyl (C=O) groups is 1.